The molecule has 0 saturated heterocycles. The van der Waals surface area contributed by atoms with Crippen LogP contribution in [0.2, 0.25) is 0 Å². The molecule has 0 aliphatic heterocycles. The highest BCUT2D eigenvalue weighted by Gasteiger charge is 2.34. The van der Waals surface area contributed by atoms with Crippen molar-refractivity contribution < 1.29 is 17.6 Å². The van der Waals surface area contributed by atoms with Crippen LogP contribution in [0.5, 0.6) is 0 Å². The van der Waals surface area contributed by atoms with Gasteiger partial charge in [-0.15, -0.1) is 10.2 Å². The maximum Gasteiger partial charge on any atom is 0.419 e. The fourth-order valence-electron chi connectivity index (χ4n) is 1.32. The molecule has 1 heterocycles. The van der Waals surface area contributed by atoms with Crippen molar-refractivity contribution >= 4 is 16.5 Å². The first-order valence-electron chi connectivity index (χ1n) is 4.80. The number of halogens is 4. The molecule has 2 aromatic rings. The van der Waals surface area contributed by atoms with E-state index in [-0.39, 0.29) is 5.56 Å². The molecule has 1 aromatic heterocycles. The standard InChI is InChI=1S/C10H7F4N3S/c1-15-9-17-16-8(18-9)5-2-3-7(11)6(4-5)10(12,13)14/h2-4H,1H3,(H,15,17). The molecule has 1 N–H and O–H groups in total. The fraction of sp³-hybridized carbons (Fsp3) is 0.200. The van der Waals surface area contributed by atoms with E-state index in [0.717, 1.165) is 23.5 Å². The van der Waals surface area contributed by atoms with Gasteiger partial charge in [-0.05, 0) is 18.2 Å². The molecule has 0 aliphatic rings. The first kappa shape index (κ1) is 12.7. The van der Waals surface area contributed by atoms with E-state index in [1.165, 1.54) is 6.07 Å². The Hall–Kier alpha value is -1.70. The van der Waals surface area contributed by atoms with E-state index >= 15 is 0 Å². The van der Waals surface area contributed by atoms with Gasteiger partial charge in [0.1, 0.15) is 10.8 Å². The van der Waals surface area contributed by atoms with Gasteiger partial charge >= 0.3 is 6.18 Å². The number of nitrogens with one attached hydrogen (secondary N) is 1. The van der Waals surface area contributed by atoms with E-state index in [9.17, 15) is 17.6 Å². The lowest BCUT2D eigenvalue weighted by molar-refractivity contribution is -0.139. The monoisotopic (exact) mass is 277 g/mol. The normalized spacial score (nSPS) is 11.6. The van der Waals surface area contributed by atoms with E-state index in [1.54, 1.807) is 7.05 Å². The lowest BCUT2D eigenvalue weighted by Crippen LogP contribution is -2.08. The highest BCUT2D eigenvalue weighted by molar-refractivity contribution is 7.18. The molecule has 0 saturated carbocycles. The summed E-state index contributed by atoms with van der Waals surface area (Å²) in [6, 6.07) is 2.75. The number of benzene rings is 1. The predicted octanol–water partition coefficient (Wildman–Crippen LogP) is 3.40. The minimum atomic E-state index is -4.73. The molecule has 0 bridgehead atoms. The molecule has 2 rings (SSSR count). The third-order valence-electron chi connectivity index (χ3n) is 2.16. The fourth-order valence-corrected chi connectivity index (χ4v) is 2.01. The van der Waals surface area contributed by atoms with E-state index < -0.39 is 17.6 Å². The van der Waals surface area contributed by atoms with Crippen LogP contribution in [0.3, 0.4) is 0 Å². The zero-order chi connectivity index (χ0) is 13.3. The molecule has 0 aliphatic carbocycles. The minimum absolute atomic E-state index is 0.183. The van der Waals surface area contributed by atoms with E-state index in [2.05, 4.69) is 15.5 Å². The van der Waals surface area contributed by atoms with Gasteiger partial charge in [-0.3, -0.25) is 0 Å². The Morgan fingerprint density at radius 2 is 1.94 bits per heavy atom. The van der Waals surface area contributed by atoms with Gasteiger partial charge in [-0.25, -0.2) is 4.39 Å². The third-order valence-corrected chi connectivity index (χ3v) is 3.15. The molecule has 0 radical (unpaired) electrons. The van der Waals surface area contributed by atoms with Crippen LogP contribution in [0.15, 0.2) is 18.2 Å². The number of alkyl halides is 3. The summed E-state index contributed by atoms with van der Waals surface area (Å²) in [5.74, 6) is -1.30. The number of hydrogen-bond donors (Lipinski definition) is 1. The van der Waals surface area contributed by atoms with Crippen LogP contribution in [-0.2, 0) is 6.18 Å². The summed E-state index contributed by atoms with van der Waals surface area (Å²) in [6.45, 7) is 0. The Morgan fingerprint density at radius 1 is 1.22 bits per heavy atom. The molecule has 0 spiro atoms. The summed E-state index contributed by atoms with van der Waals surface area (Å²) in [5.41, 5.74) is -1.12. The van der Waals surface area contributed by atoms with Crippen molar-refractivity contribution in [2.75, 3.05) is 12.4 Å². The second kappa shape index (κ2) is 4.52. The summed E-state index contributed by atoms with van der Waals surface area (Å²) in [5, 5.41) is 10.9. The molecular formula is C10H7F4N3S. The van der Waals surface area contributed by atoms with Gasteiger partial charge in [-0.1, -0.05) is 11.3 Å². The molecule has 0 fully saturated rings. The van der Waals surface area contributed by atoms with Gasteiger partial charge in [0.25, 0.3) is 0 Å². The Morgan fingerprint density at radius 3 is 2.50 bits per heavy atom. The smallest absolute Gasteiger partial charge is 0.363 e. The van der Waals surface area contributed by atoms with Crippen molar-refractivity contribution in [1.29, 1.82) is 0 Å². The zero-order valence-electron chi connectivity index (χ0n) is 9.05. The molecule has 18 heavy (non-hydrogen) atoms. The summed E-state index contributed by atoms with van der Waals surface area (Å²) in [4.78, 5) is 0. The highest BCUT2D eigenvalue weighted by Crippen LogP contribution is 2.35. The zero-order valence-corrected chi connectivity index (χ0v) is 9.86. The van der Waals surface area contributed by atoms with Gasteiger partial charge < -0.3 is 5.32 Å². The van der Waals surface area contributed by atoms with E-state index in [1.807, 2.05) is 0 Å². The molecule has 3 nitrogen and oxygen atoms in total. The van der Waals surface area contributed by atoms with Gasteiger partial charge in [0.15, 0.2) is 0 Å². The van der Waals surface area contributed by atoms with Crippen LogP contribution in [0.1, 0.15) is 5.56 Å². The van der Waals surface area contributed by atoms with Crippen LogP contribution in [-0.4, -0.2) is 17.2 Å². The van der Waals surface area contributed by atoms with Crippen LogP contribution < -0.4 is 5.32 Å². The summed E-state index contributed by atoms with van der Waals surface area (Å²) >= 11 is 1.09. The van der Waals surface area contributed by atoms with Crippen molar-refractivity contribution in [1.82, 2.24) is 10.2 Å². The largest absolute Gasteiger partial charge is 0.419 e. The van der Waals surface area contributed by atoms with Crippen LogP contribution in [0.25, 0.3) is 10.6 Å². The van der Waals surface area contributed by atoms with Crippen molar-refractivity contribution in [3.8, 4) is 10.6 Å². The molecule has 0 unspecified atom stereocenters. The number of nitrogens with zero attached hydrogens (tertiary/aromatic N) is 2. The lowest BCUT2D eigenvalue weighted by atomic mass is 10.1. The SMILES string of the molecule is CNc1nnc(-c2ccc(F)c(C(F)(F)F)c2)s1. The van der Waals surface area contributed by atoms with Crippen molar-refractivity contribution in [3.05, 3.63) is 29.6 Å². The first-order valence-corrected chi connectivity index (χ1v) is 5.62. The number of anilines is 1. The average molecular weight is 277 g/mol. The Kier molecular flexibility index (Phi) is 3.20. The second-order valence-corrected chi connectivity index (χ2v) is 4.33. The number of aromatic nitrogens is 2. The molecule has 0 atom stereocenters. The summed E-state index contributed by atoms with van der Waals surface area (Å²) in [6.07, 6.45) is -4.73. The Bertz CT molecular complexity index is 564. The topological polar surface area (TPSA) is 37.8 Å². The molecule has 96 valence electrons. The summed E-state index contributed by atoms with van der Waals surface area (Å²) < 4.78 is 50.7. The van der Waals surface area contributed by atoms with E-state index in [4.69, 9.17) is 0 Å². The van der Waals surface area contributed by atoms with Crippen LogP contribution >= 0.6 is 11.3 Å². The van der Waals surface area contributed by atoms with Crippen molar-refractivity contribution in [3.63, 3.8) is 0 Å². The first-order chi connectivity index (χ1) is 8.41. The average Bonchev–Trinajstić information content (AvgIpc) is 2.76. The number of hydrogen-bond acceptors (Lipinski definition) is 4. The quantitative estimate of drug-likeness (QED) is 0.855. The van der Waals surface area contributed by atoms with Crippen molar-refractivity contribution in [2.24, 2.45) is 0 Å². The summed E-state index contributed by atoms with van der Waals surface area (Å²) in [7, 11) is 1.62. The maximum atomic E-state index is 13.1. The highest BCUT2D eigenvalue weighted by atomic mass is 32.1. The minimum Gasteiger partial charge on any atom is -0.363 e. The third kappa shape index (κ3) is 2.42. The number of rotatable bonds is 2. The molecule has 8 heteroatoms. The maximum absolute atomic E-state index is 13.1. The van der Waals surface area contributed by atoms with Gasteiger partial charge in [0.2, 0.25) is 5.13 Å². The lowest BCUT2D eigenvalue weighted by Gasteiger charge is -2.08. The van der Waals surface area contributed by atoms with Gasteiger partial charge in [0, 0.05) is 12.6 Å². The molecule has 1 aromatic carbocycles. The molecular weight excluding hydrogens is 270 g/mol. The van der Waals surface area contributed by atoms with Crippen molar-refractivity contribution in [2.45, 2.75) is 6.18 Å². The van der Waals surface area contributed by atoms with Gasteiger partial charge in [0.05, 0.1) is 5.56 Å². The second-order valence-electron chi connectivity index (χ2n) is 3.35. The Labute approximate surface area is 103 Å². The van der Waals surface area contributed by atoms with Gasteiger partial charge in [-0.2, -0.15) is 13.2 Å². The Balaban J connectivity index is 2.47. The predicted molar refractivity (Wildman–Crippen MR) is 59.9 cm³/mol. The molecule has 0 amide bonds. The van der Waals surface area contributed by atoms with E-state index in [0.29, 0.717) is 10.1 Å². The van der Waals surface area contributed by atoms with Crippen LogP contribution in [0.4, 0.5) is 22.7 Å². The van der Waals surface area contributed by atoms with Crippen LogP contribution in [0, 0.1) is 5.82 Å².